The van der Waals surface area contributed by atoms with Crippen molar-refractivity contribution in [1.82, 2.24) is 5.32 Å². The number of hydrogen-bond acceptors (Lipinski definition) is 1. The second kappa shape index (κ2) is 11.2. The average molecular weight is 161 g/mol. The molecule has 0 aromatic rings. The van der Waals surface area contributed by atoms with Crippen LogP contribution in [0.3, 0.4) is 0 Å². The molecule has 66 valence electrons. The Labute approximate surface area is 89.2 Å². The van der Waals surface area contributed by atoms with Gasteiger partial charge in [0.05, 0.1) is 0 Å². The van der Waals surface area contributed by atoms with Gasteiger partial charge in [-0.25, -0.2) is 19.1 Å². The molecule has 0 aliphatic rings. The Kier molecular flexibility index (Phi) is 13.7. The van der Waals surface area contributed by atoms with E-state index in [1.165, 1.54) is 19.3 Å². The van der Waals surface area contributed by atoms with Crippen LogP contribution in [0.4, 0.5) is 0 Å². The van der Waals surface area contributed by atoms with Crippen molar-refractivity contribution < 1.29 is 18.9 Å². The first-order chi connectivity index (χ1) is 5.35. The molecule has 0 rings (SSSR count). The fourth-order valence-electron chi connectivity index (χ4n) is 1.12. The predicted octanol–water partition coefficient (Wildman–Crippen LogP) is -0.451. The Morgan fingerprint density at radius 3 is 2.50 bits per heavy atom. The maximum Gasteiger partial charge on any atom is 1.00 e. The smallest absolute Gasteiger partial charge is 0.327 e. The molecule has 0 saturated carbocycles. The topological polar surface area (TPSA) is 12.0 Å². The van der Waals surface area contributed by atoms with Crippen LogP contribution in [0.25, 0.3) is 0 Å². The standard InChI is InChI=1S/C10H20N.Li/c1-4-7-9-11-10(6-3)8-5-2;/h4,7,10-11H,1,5-6,8-9H2,2-3H3;/q-1;+1. The van der Waals surface area contributed by atoms with Crippen LogP contribution in [0, 0.1) is 6.92 Å². The van der Waals surface area contributed by atoms with E-state index in [9.17, 15) is 0 Å². The zero-order valence-electron chi connectivity index (χ0n) is 8.77. The molecular weight excluding hydrogens is 141 g/mol. The summed E-state index contributed by atoms with van der Waals surface area (Å²) >= 11 is 0. The zero-order chi connectivity index (χ0) is 8.53. The summed E-state index contributed by atoms with van der Waals surface area (Å²) in [6, 6.07) is 0.691. The number of rotatable bonds is 6. The van der Waals surface area contributed by atoms with Gasteiger partial charge in [-0.3, -0.25) is 0 Å². The third-order valence-corrected chi connectivity index (χ3v) is 1.82. The molecule has 0 aromatic carbocycles. The Balaban J connectivity index is 0. The normalized spacial score (nSPS) is 12.8. The summed E-state index contributed by atoms with van der Waals surface area (Å²) < 4.78 is 0. The molecule has 12 heavy (non-hydrogen) atoms. The second-order valence-corrected chi connectivity index (χ2v) is 2.77. The molecule has 1 N–H and O–H groups in total. The summed E-state index contributed by atoms with van der Waals surface area (Å²) in [5, 5.41) is 3.44. The zero-order valence-corrected chi connectivity index (χ0v) is 8.77. The van der Waals surface area contributed by atoms with E-state index in [0.717, 1.165) is 6.54 Å². The van der Waals surface area contributed by atoms with E-state index in [1.807, 2.05) is 6.08 Å². The van der Waals surface area contributed by atoms with Crippen molar-refractivity contribution in [2.75, 3.05) is 6.54 Å². The van der Waals surface area contributed by atoms with E-state index in [1.54, 1.807) is 0 Å². The van der Waals surface area contributed by atoms with E-state index in [2.05, 4.69) is 32.2 Å². The van der Waals surface area contributed by atoms with Gasteiger partial charge in [-0.2, -0.15) is 0 Å². The van der Waals surface area contributed by atoms with Gasteiger partial charge >= 0.3 is 18.9 Å². The summed E-state index contributed by atoms with van der Waals surface area (Å²) in [7, 11) is 0. The summed E-state index contributed by atoms with van der Waals surface area (Å²) in [6.45, 7) is 9.04. The van der Waals surface area contributed by atoms with Crippen LogP contribution < -0.4 is 24.2 Å². The largest absolute Gasteiger partial charge is 1.00 e. The van der Waals surface area contributed by atoms with Gasteiger partial charge in [-0.05, 0) is 12.8 Å². The molecule has 1 atom stereocenters. The molecule has 2 heteroatoms. The van der Waals surface area contributed by atoms with Gasteiger partial charge in [0.15, 0.2) is 0 Å². The van der Waals surface area contributed by atoms with Gasteiger partial charge in [-0.15, -0.1) is 0 Å². The third-order valence-electron chi connectivity index (χ3n) is 1.82. The van der Waals surface area contributed by atoms with Gasteiger partial charge in [-0.1, -0.05) is 26.8 Å². The molecule has 0 saturated heterocycles. The van der Waals surface area contributed by atoms with Gasteiger partial charge < -0.3 is 5.32 Å². The Morgan fingerprint density at radius 2 is 2.08 bits per heavy atom. The molecule has 0 fully saturated rings. The first-order valence-electron chi connectivity index (χ1n) is 4.52. The Bertz CT molecular complexity index is 102. The second-order valence-electron chi connectivity index (χ2n) is 2.77. The van der Waals surface area contributed by atoms with E-state index in [4.69, 9.17) is 0 Å². The Morgan fingerprint density at radius 1 is 1.42 bits per heavy atom. The SMILES string of the molecule is [CH2-]C=CCNC(CC)CCC.[Li+]. The first-order valence-corrected chi connectivity index (χ1v) is 4.52. The molecule has 0 aliphatic carbocycles. The Hall–Kier alpha value is 0.167. The monoisotopic (exact) mass is 161 g/mol. The average Bonchev–Trinajstić information content (AvgIpc) is 2.03. The molecule has 0 spiro atoms. The van der Waals surface area contributed by atoms with E-state index in [-0.39, 0.29) is 18.9 Å². The molecule has 0 bridgehead atoms. The maximum absolute atomic E-state index is 3.63. The fourth-order valence-corrected chi connectivity index (χ4v) is 1.12. The van der Waals surface area contributed by atoms with Crippen LogP contribution in [0.1, 0.15) is 33.1 Å². The summed E-state index contributed by atoms with van der Waals surface area (Å²) in [6.07, 6.45) is 7.66. The molecule has 0 radical (unpaired) electrons. The van der Waals surface area contributed by atoms with E-state index >= 15 is 0 Å². The maximum atomic E-state index is 3.63. The van der Waals surface area contributed by atoms with Crippen molar-refractivity contribution in [3.8, 4) is 0 Å². The molecule has 0 amide bonds. The van der Waals surface area contributed by atoms with Crippen LogP contribution in [0.5, 0.6) is 0 Å². The van der Waals surface area contributed by atoms with Crippen LogP contribution >= 0.6 is 0 Å². The molecule has 1 nitrogen and oxygen atoms in total. The van der Waals surface area contributed by atoms with E-state index < -0.39 is 0 Å². The molecule has 1 unspecified atom stereocenters. The van der Waals surface area contributed by atoms with Crippen molar-refractivity contribution in [2.45, 2.75) is 39.2 Å². The van der Waals surface area contributed by atoms with Crippen LogP contribution in [0.15, 0.2) is 12.2 Å². The summed E-state index contributed by atoms with van der Waals surface area (Å²) in [4.78, 5) is 0. The van der Waals surface area contributed by atoms with Gasteiger partial charge in [0.1, 0.15) is 0 Å². The summed E-state index contributed by atoms with van der Waals surface area (Å²) in [5.41, 5.74) is 0. The van der Waals surface area contributed by atoms with Crippen molar-refractivity contribution in [2.24, 2.45) is 0 Å². The van der Waals surface area contributed by atoms with Crippen molar-refractivity contribution >= 4 is 0 Å². The van der Waals surface area contributed by atoms with E-state index in [0.29, 0.717) is 6.04 Å². The van der Waals surface area contributed by atoms with Gasteiger partial charge in [0.25, 0.3) is 0 Å². The van der Waals surface area contributed by atoms with Gasteiger partial charge in [0.2, 0.25) is 0 Å². The van der Waals surface area contributed by atoms with Crippen LogP contribution in [-0.2, 0) is 0 Å². The molecular formula is C10H20LiN. The first kappa shape index (κ1) is 14.7. The quantitative estimate of drug-likeness (QED) is 0.411. The third kappa shape index (κ3) is 8.27. The van der Waals surface area contributed by atoms with Crippen LogP contribution in [-0.4, -0.2) is 12.6 Å². The predicted molar refractivity (Wildman–Crippen MR) is 51.5 cm³/mol. The van der Waals surface area contributed by atoms with Crippen molar-refractivity contribution in [3.63, 3.8) is 0 Å². The summed E-state index contributed by atoms with van der Waals surface area (Å²) in [5.74, 6) is 0. The molecule has 0 heterocycles. The van der Waals surface area contributed by atoms with Crippen molar-refractivity contribution in [3.05, 3.63) is 19.1 Å². The minimum Gasteiger partial charge on any atom is -0.327 e. The molecule has 0 aliphatic heterocycles. The minimum absolute atomic E-state index is 0. The van der Waals surface area contributed by atoms with Crippen LogP contribution in [0.2, 0.25) is 0 Å². The van der Waals surface area contributed by atoms with Crippen molar-refractivity contribution in [1.29, 1.82) is 0 Å². The number of allylic oxidation sites excluding steroid dienone is 1. The molecule has 0 aromatic heterocycles. The fraction of sp³-hybridized carbons (Fsp3) is 0.700. The number of nitrogens with one attached hydrogen (secondary N) is 1. The number of hydrogen-bond donors (Lipinski definition) is 1. The minimum atomic E-state index is 0. The van der Waals surface area contributed by atoms with Gasteiger partial charge in [0, 0.05) is 6.04 Å².